The molecule has 4 heterocycles. The second-order valence-corrected chi connectivity index (χ2v) is 9.50. The van der Waals surface area contributed by atoms with E-state index in [0.29, 0.717) is 29.1 Å². The van der Waals surface area contributed by atoms with E-state index in [4.69, 9.17) is 15.2 Å². The number of amides is 1. The van der Waals surface area contributed by atoms with Crippen LogP contribution in [0.25, 0.3) is 16.6 Å². The Kier molecular flexibility index (Phi) is 8.04. The molecular weight excluding hydrogens is 472 g/mol. The first kappa shape index (κ1) is 26.1. The van der Waals surface area contributed by atoms with Crippen molar-refractivity contribution < 1.29 is 19.1 Å². The van der Waals surface area contributed by atoms with Crippen molar-refractivity contribution in [2.45, 2.75) is 39.2 Å². The lowest BCUT2D eigenvalue weighted by atomic mass is 9.96. The number of hydrogen-bond donors (Lipinski definition) is 1. The first-order valence-corrected chi connectivity index (χ1v) is 12.5. The lowest BCUT2D eigenvalue weighted by Crippen LogP contribution is -2.35. The molecule has 194 valence electrons. The summed E-state index contributed by atoms with van der Waals surface area (Å²) in [6.45, 7) is 5.76. The SMILES string of the molecule is CCOc1cc(-c2ccc(C(CC(C)C(N)=O)OC(=O)C3CCN(C)CC3)nc2)c2c(C#N)cnn2c1. The number of carbonyl (C=O) groups is 2. The Bertz CT molecular complexity index is 1300. The quantitative estimate of drug-likeness (QED) is 0.439. The zero-order valence-corrected chi connectivity index (χ0v) is 21.4. The summed E-state index contributed by atoms with van der Waals surface area (Å²) in [4.78, 5) is 31.6. The van der Waals surface area contributed by atoms with Crippen LogP contribution in [0.15, 0.2) is 36.8 Å². The van der Waals surface area contributed by atoms with Crippen LogP contribution in [0.5, 0.6) is 5.75 Å². The number of nitrogens with two attached hydrogens (primary N) is 1. The summed E-state index contributed by atoms with van der Waals surface area (Å²) in [5.41, 5.74) is 8.61. The van der Waals surface area contributed by atoms with Crippen LogP contribution >= 0.6 is 0 Å². The van der Waals surface area contributed by atoms with Crippen LogP contribution in [0.4, 0.5) is 0 Å². The Morgan fingerprint density at radius 1 is 1.27 bits per heavy atom. The van der Waals surface area contributed by atoms with Gasteiger partial charge in [-0.3, -0.25) is 14.6 Å². The summed E-state index contributed by atoms with van der Waals surface area (Å²) in [6.07, 6.45) is 5.92. The van der Waals surface area contributed by atoms with Gasteiger partial charge in [0.15, 0.2) is 0 Å². The number of hydrogen-bond acceptors (Lipinski definition) is 8. The lowest BCUT2D eigenvalue weighted by Gasteiger charge is -2.29. The van der Waals surface area contributed by atoms with Crippen LogP contribution in [0.2, 0.25) is 0 Å². The van der Waals surface area contributed by atoms with E-state index in [0.717, 1.165) is 37.1 Å². The molecule has 37 heavy (non-hydrogen) atoms. The number of carbonyl (C=O) groups excluding carboxylic acids is 2. The van der Waals surface area contributed by atoms with Gasteiger partial charge >= 0.3 is 5.97 Å². The van der Waals surface area contributed by atoms with Gasteiger partial charge < -0.3 is 20.1 Å². The molecule has 1 amide bonds. The molecule has 4 rings (SSSR count). The minimum absolute atomic E-state index is 0.178. The number of primary amides is 1. The van der Waals surface area contributed by atoms with Crippen molar-refractivity contribution in [1.82, 2.24) is 19.5 Å². The van der Waals surface area contributed by atoms with E-state index >= 15 is 0 Å². The number of nitriles is 1. The molecule has 1 saturated heterocycles. The predicted molar refractivity (Wildman–Crippen MR) is 136 cm³/mol. The van der Waals surface area contributed by atoms with Crippen molar-refractivity contribution >= 4 is 17.4 Å². The van der Waals surface area contributed by atoms with Gasteiger partial charge in [-0.25, -0.2) is 4.52 Å². The number of esters is 1. The van der Waals surface area contributed by atoms with Crippen molar-refractivity contribution in [3.63, 3.8) is 0 Å². The van der Waals surface area contributed by atoms with E-state index < -0.39 is 17.9 Å². The van der Waals surface area contributed by atoms with Gasteiger partial charge in [0.05, 0.1) is 41.7 Å². The molecule has 0 bridgehead atoms. The second-order valence-electron chi connectivity index (χ2n) is 9.50. The normalized spacial score (nSPS) is 16.2. The fourth-order valence-corrected chi connectivity index (χ4v) is 4.55. The Balaban J connectivity index is 1.64. The van der Waals surface area contributed by atoms with E-state index in [2.05, 4.69) is 21.1 Å². The van der Waals surface area contributed by atoms with E-state index in [1.807, 2.05) is 26.1 Å². The van der Waals surface area contributed by atoms with Crippen LogP contribution in [0.3, 0.4) is 0 Å². The fraction of sp³-hybridized carbons (Fsp3) is 0.444. The van der Waals surface area contributed by atoms with Crippen LogP contribution in [-0.4, -0.2) is 58.1 Å². The van der Waals surface area contributed by atoms with Gasteiger partial charge in [-0.1, -0.05) is 13.0 Å². The Morgan fingerprint density at radius 2 is 2.03 bits per heavy atom. The van der Waals surface area contributed by atoms with Crippen molar-refractivity contribution in [3.05, 3.63) is 48.0 Å². The lowest BCUT2D eigenvalue weighted by molar-refractivity contribution is -0.157. The van der Waals surface area contributed by atoms with E-state index in [-0.39, 0.29) is 18.3 Å². The Labute approximate surface area is 216 Å². The van der Waals surface area contributed by atoms with Crippen LogP contribution in [0, 0.1) is 23.2 Å². The van der Waals surface area contributed by atoms with Crippen molar-refractivity contribution in [1.29, 1.82) is 5.26 Å². The summed E-state index contributed by atoms with van der Waals surface area (Å²) in [5.74, 6) is -0.796. The number of nitrogens with zero attached hydrogens (tertiary/aromatic N) is 5. The number of likely N-dealkylation sites (tertiary alicyclic amines) is 1. The molecule has 0 spiro atoms. The molecule has 3 aromatic rings. The molecular formula is C27H32N6O4. The molecule has 2 unspecified atom stereocenters. The molecule has 10 nitrogen and oxygen atoms in total. The molecule has 0 aliphatic carbocycles. The molecule has 10 heteroatoms. The van der Waals surface area contributed by atoms with Crippen LogP contribution in [-0.2, 0) is 14.3 Å². The molecule has 0 aromatic carbocycles. The number of aromatic nitrogens is 3. The van der Waals surface area contributed by atoms with Gasteiger partial charge in [0.1, 0.15) is 17.9 Å². The topological polar surface area (TPSA) is 136 Å². The molecule has 0 saturated carbocycles. The monoisotopic (exact) mass is 504 g/mol. The van der Waals surface area contributed by atoms with E-state index in [1.165, 1.54) is 6.20 Å². The molecule has 1 aliphatic heterocycles. The van der Waals surface area contributed by atoms with Crippen molar-refractivity contribution in [3.8, 4) is 22.9 Å². The number of piperidine rings is 1. The maximum absolute atomic E-state index is 13.0. The zero-order valence-electron chi connectivity index (χ0n) is 21.4. The minimum atomic E-state index is -0.705. The van der Waals surface area contributed by atoms with Gasteiger partial charge in [-0.05, 0) is 52.0 Å². The largest absolute Gasteiger partial charge is 0.492 e. The summed E-state index contributed by atoms with van der Waals surface area (Å²) in [7, 11) is 2.03. The summed E-state index contributed by atoms with van der Waals surface area (Å²) < 4.78 is 13.2. The molecule has 1 fully saturated rings. The van der Waals surface area contributed by atoms with Gasteiger partial charge in [0.2, 0.25) is 5.91 Å². The zero-order chi connectivity index (χ0) is 26.5. The Morgan fingerprint density at radius 3 is 2.65 bits per heavy atom. The third kappa shape index (κ3) is 5.89. The fourth-order valence-electron chi connectivity index (χ4n) is 4.55. The number of pyridine rings is 2. The van der Waals surface area contributed by atoms with E-state index in [9.17, 15) is 14.9 Å². The average molecular weight is 505 g/mol. The third-order valence-corrected chi connectivity index (χ3v) is 6.81. The van der Waals surface area contributed by atoms with Crippen LogP contribution in [0.1, 0.15) is 50.5 Å². The highest BCUT2D eigenvalue weighted by atomic mass is 16.5. The molecule has 3 aromatic heterocycles. The van der Waals surface area contributed by atoms with Gasteiger partial charge in [-0.2, -0.15) is 10.4 Å². The van der Waals surface area contributed by atoms with Crippen molar-refractivity contribution in [2.24, 2.45) is 17.6 Å². The second kappa shape index (κ2) is 11.4. The van der Waals surface area contributed by atoms with Crippen LogP contribution < -0.4 is 10.5 Å². The Hall–Kier alpha value is -3.97. The standard InChI is InChI=1S/C27H32N6O4/c1-4-36-21-12-22(25-20(13-28)15-31-33(25)16-21)19-5-6-23(30-14-19)24(11-17(2)26(29)34)37-27(35)18-7-9-32(3)10-8-18/h5-6,12,14-18,24H,4,7-11H2,1-3H3,(H2,29,34). The summed E-state index contributed by atoms with van der Waals surface area (Å²) >= 11 is 0. The summed E-state index contributed by atoms with van der Waals surface area (Å²) in [6, 6.07) is 7.67. The molecule has 2 atom stereocenters. The van der Waals surface area contributed by atoms with Gasteiger partial charge in [0.25, 0.3) is 0 Å². The molecule has 0 radical (unpaired) electrons. The highest BCUT2D eigenvalue weighted by molar-refractivity contribution is 5.85. The first-order chi connectivity index (χ1) is 17.8. The average Bonchev–Trinajstić information content (AvgIpc) is 3.31. The third-order valence-electron chi connectivity index (χ3n) is 6.81. The maximum atomic E-state index is 13.0. The smallest absolute Gasteiger partial charge is 0.309 e. The van der Waals surface area contributed by atoms with Crippen molar-refractivity contribution in [2.75, 3.05) is 26.7 Å². The number of rotatable bonds is 9. The van der Waals surface area contributed by atoms with Gasteiger partial charge in [-0.15, -0.1) is 0 Å². The highest BCUT2D eigenvalue weighted by Gasteiger charge is 2.29. The van der Waals surface area contributed by atoms with E-state index in [1.54, 1.807) is 29.9 Å². The predicted octanol–water partition coefficient (Wildman–Crippen LogP) is 3.10. The summed E-state index contributed by atoms with van der Waals surface area (Å²) in [5, 5.41) is 13.9. The number of ether oxygens (including phenoxy) is 2. The molecule has 1 aliphatic rings. The number of fused-ring (bicyclic) bond motifs is 1. The highest BCUT2D eigenvalue weighted by Crippen LogP contribution is 2.33. The van der Waals surface area contributed by atoms with Gasteiger partial charge in [0, 0.05) is 29.7 Å². The molecule has 2 N–H and O–H groups in total. The maximum Gasteiger partial charge on any atom is 0.309 e. The first-order valence-electron chi connectivity index (χ1n) is 12.5. The minimum Gasteiger partial charge on any atom is -0.492 e.